The Balaban J connectivity index is 1.33. The van der Waals surface area contributed by atoms with Gasteiger partial charge in [-0.3, -0.25) is 14.5 Å². The van der Waals surface area contributed by atoms with Gasteiger partial charge in [0.15, 0.2) is 0 Å². The van der Waals surface area contributed by atoms with Gasteiger partial charge in [0.25, 0.3) is 5.91 Å². The van der Waals surface area contributed by atoms with E-state index in [4.69, 9.17) is 4.74 Å². The van der Waals surface area contributed by atoms with Gasteiger partial charge in [-0.25, -0.2) is 4.79 Å². The zero-order chi connectivity index (χ0) is 20.1. The second-order valence-corrected chi connectivity index (χ2v) is 7.75. The molecule has 0 radical (unpaired) electrons. The molecule has 28 heavy (non-hydrogen) atoms. The van der Waals surface area contributed by atoms with E-state index >= 15 is 0 Å². The minimum Gasteiger partial charge on any atom is -0.491 e. The van der Waals surface area contributed by atoms with Crippen LogP contribution in [0.25, 0.3) is 0 Å². The standard InChI is InChI=1S/C21H29N3O4/c1-15-7-8-17(16(2)14-15)28-13-11-22-18(25)6-5-12-24-19(26)21(23-20(24)27)9-3-4-10-21/h7-8,14H,3-6,9-13H2,1-2H3,(H,22,25)(H,23,27). The molecule has 1 spiro atoms. The molecule has 0 aromatic heterocycles. The van der Waals surface area contributed by atoms with Crippen LogP contribution in [-0.2, 0) is 9.59 Å². The third kappa shape index (κ3) is 4.46. The first kappa shape index (κ1) is 20.2. The summed E-state index contributed by atoms with van der Waals surface area (Å²) in [6.07, 6.45) is 4.09. The smallest absolute Gasteiger partial charge is 0.325 e. The Morgan fingerprint density at radius 2 is 2.00 bits per heavy atom. The molecule has 4 amide bonds. The fraction of sp³-hybridized carbons (Fsp3) is 0.571. The third-order valence-electron chi connectivity index (χ3n) is 5.50. The van der Waals surface area contributed by atoms with Crippen LogP contribution in [0.3, 0.4) is 0 Å². The Morgan fingerprint density at radius 1 is 1.25 bits per heavy atom. The Labute approximate surface area is 165 Å². The van der Waals surface area contributed by atoms with Gasteiger partial charge in [-0.2, -0.15) is 0 Å². The number of carbonyl (C=O) groups excluding carboxylic acids is 3. The van der Waals surface area contributed by atoms with Gasteiger partial charge < -0.3 is 15.4 Å². The Hall–Kier alpha value is -2.57. The quantitative estimate of drug-likeness (QED) is 0.530. The lowest BCUT2D eigenvalue weighted by molar-refractivity contribution is -0.131. The average molecular weight is 387 g/mol. The maximum absolute atomic E-state index is 12.5. The summed E-state index contributed by atoms with van der Waals surface area (Å²) in [7, 11) is 0. The van der Waals surface area contributed by atoms with Crippen LogP contribution in [0, 0.1) is 13.8 Å². The monoisotopic (exact) mass is 387 g/mol. The molecule has 1 saturated heterocycles. The van der Waals surface area contributed by atoms with E-state index in [9.17, 15) is 14.4 Å². The van der Waals surface area contributed by atoms with Gasteiger partial charge in [0.1, 0.15) is 17.9 Å². The first-order valence-electron chi connectivity index (χ1n) is 10.0. The number of imide groups is 1. The highest BCUT2D eigenvalue weighted by atomic mass is 16.5. The molecule has 1 heterocycles. The van der Waals surface area contributed by atoms with E-state index in [1.807, 2.05) is 26.0 Å². The molecular formula is C21H29N3O4. The van der Waals surface area contributed by atoms with Gasteiger partial charge in [0.2, 0.25) is 5.91 Å². The van der Waals surface area contributed by atoms with Crippen LogP contribution in [0.4, 0.5) is 4.79 Å². The number of benzene rings is 1. The maximum atomic E-state index is 12.5. The van der Waals surface area contributed by atoms with Crippen LogP contribution in [-0.4, -0.2) is 48.0 Å². The van der Waals surface area contributed by atoms with E-state index in [0.29, 0.717) is 19.6 Å². The average Bonchev–Trinajstić information content (AvgIpc) is 3.20. The third-order valence-corrected chi connectivity index (χ3v) is 5.50. The second-order valence-electron chi connectivity index (χ2n) is 7.75. The molecule has 1 aromatic carbocycles. The predicted octanol–water partition coefficient (Wildman–Crippen LogP) is 2.44. The van der Waals surface area contributed by atoms with E-state index in [1.54, 1.807) is 0 Å². The molecule has 152 valence electrons. The van der Waals surface area contributed by atoms with Gasteiger partial charge >= 0.3 is 6.03 Å². The maximum Gasteiger partial charge on any atom is 0.325 e. The molecule has 2 aliphatic rings. The molecule has 1 aromatic rings. The number of hydrogen-bond donors (Lipinski definition) is 2. The summed E-state index contributed by atoms with van der Waals surface area (Å²) < 4.78 is 5.69. The van der Waals surface area contributed by atoms with Crippen LogP contribution >= 0.6 is 0 Å². The second kappa shape index (κ2) is 8.63. The van der Waals surface area contributed by atoms with E-state index in [2.05, 4.69) is 16.7 Å². The molecule has 1 aliphatic heterocycles. The first-order chi connectivity index (χ1) is 13.4. The zero-order valence-corrected chi connectivity index (χ0v) is 16.7. The van der Waals surface area contributed by atoms with Gasteiger partial charge in [-0.05, 0) is 44.7 Å². The number of nitrogens with one attached hydrogen (secondary N) is 2. The summed E-state index contributed by atoms with van der Waals surface area (Å²) in [4.78, 5) is 37.9. The zero-order valence-electron chi connectivity index (χ0n) is 16.7. The first-order valence-corrected chi connectivity index (χ1v) is 10.0. The highest BCUT2D eigenvalue weighted by Crippen LogP contribution is 2.35. The van der Waals surface area contributed by atoms with E-state index in [0.717, 1.165) is 37.0 Å². The lowest BCUT2D eigenvalue weighted by Gasteiger charge is -2.19. The number of ether oxygens (including phenoxy) is 1. The fourth-order valence-corrected chi connectivity index (χ4v) is 4.00. The van der Waals surface area contributed by atoms with Crippen molar-refractivity contribution in [1.82, 2.24) is 15.5 Å². The van der Waals surface area contributed by atoms with Crippen molar-refractivity contribution in [3.8, 4) is 5.75 Å². The lowest BCUT2D eigenvalue weighted by Crippen LogP contribution is -2.44. The van der Waals surface area contributed by atoms with Crippen LogP contribution < -0.4 is 15.4 Å². The fourth-order valence-electron chi connectivity index (χ4n) is 4.00. The van der Waals surface area contributed by atoms with Crippen molar-refractivity contribution in [2.45, 2.75) is 57.9 Å². The van der Waals surface area contributed by atoms with Crippen LogP contribution in [0.1, 0.15) is 49.7 Å². The van der Waals surface area contributed by atoms with Gasteiger partial charge in [0.05, 0.1) is 6.54 Å². The number of hydrogen-bond acceptors (Lipinski definition) is 4. The summed E-state index contributed by atoms with van der Waals surface area (Å²) in [5, 5.41) is 5.67. The van der Waals surface area contributed by atoms with Crippen molar-refractivity contribution in [3.63, 3.8) is 0 Å². The van der Waals surface area contributed by atoms with Crippen molar-refractivity contribution < 1.29 is 19.1 Å². The summed E-state index contributed by atoms with van der Waals surface area (Å²) in [6, 6.07) is 5.65. The molecule has 2 N–H and O–H groups in total. The van der Waals surface area contributed by atoms with Crippen LogP contribution in [0.2, 0.25) is 0 Å². The predicted molar refractivity (Wildman–Crippen MR) is 105 cm³/mol. The highest BCUT2D eigenvalue weighted by molar-refractivity contribution is 6.07. The van der Waals surface area contributed by atoms with Crippen LogP contribution in [0.5, 0.6) is 5.75 Å². The molecular weight excluding hydrogens is 358 g/mol. The number of carbonyl (C=O) groups is 3. The Bertz CT molecular complexity index is 756. The number of amides is 4. The van der Waals surface area contributed by atoms with Crippen molar-refractivity contribution in [1.29, 1.82) is 0 Å². The van der Waals surface area contributed by atoms with Crippen molar-refractivity contribution in [3.05, 3.63) is 29.3 Å². The molecule has 0 bridgehead atoms. The molecule has 0 unspecified atom stereocenters. The SMILES string of the molecule is Cc1ccc(OCCNC(=O)CCCN2C(=O)NC3(CCCC3)C2=O)c(C)c1. The molecule has 1 aliphatic carbocycles. The number of aryl methyl sites for hydroxylation is 2. The summed E-state index contributed by atoms with van der Waals surface area (Å²) >= 11 is 0. The van der Waals surface area contributed by atoms with Crippen molar-refractivity contribution >= 4 is 17.8 Å². The topological polar surface area (TPSA) is 87.7 Å². The molecule has 3 rings (SSSR count). The van der Waals surface area contributed by atoms with E-state index < -0.39 is 5.54 Å². The Morgan fingerprint density at radius 3 is 2.71 bits per heavy atom. The van der Waals surface area contributed by atoms with Gasteiger partial charge in [-0.15, -0.1) is 0 Å². The van der Waals surface area contributed by atoms with Crippen LogP contribution in [0.15, 0.2) is 18.2 Å². The van der Waals surface area contributed by atoms with Crippen molar-refractivity contribution in [2.75, 3.05) is 19.7 Å². The minimum absolute atomic E-state index is 0.105. The number of nitrogens with zero attached hydrogens (tertiary/aromatic N) is 1. The van der Waals surface area contributed by atoms with Gasteiger partial charge in [-0.1, -0.05) is 30.5 Å². The normalized spacial score (nSPS) is 17.9. The summed E-state index contributed by atoms with van der Waals surface area (Å²) in [5.41, 5.74) is 1.58. The van der Waals surface area contributed by atoms with Crippen molar-refractivity contribution in [2.24, 2.45) is 0 Å². The molecule has 7 heteroatoms. The largest absolute Gasteiger partial charge is 0.491 e. The lowest BCUT2D eigenvalue weighted by atomic mass is 9.98. The van der Waals surface area contributed by atoms with E-state index in [-0.39, 0.29) is 30.8 Å². The number of urea groups is 1. The molecule has 2 fully saturated rings. The molecule has 7 nitrogen and oxygen atoms in total. The Kier molecular flexibility index (Phi) is 6.21. The van der Waals surface area contributed by atoms with Gasteiger partial charge in [0, 0.05) is 13.0 Å². The summed E-state index contributed by atoms with van der Waals surface area (Å²) in [5.74, 6) is 0.586. The summed E-state index contributed by atoms with van der Waals surface area (Å²) in [6.45, 7) is 5.11. The molecule has 1 saturated carbocycles. The minimum atomic E-state index is -0.676. The molecule has 0 atom stereocenters. The van der Waals surface area contributed by atoms with E-state index in [1.165, 1.54) is 10.5 Å². The number of rotatable bonds is 8. The highest BCUT2D eigenvalue weighted by Gasteiger charge is 2.51.